The lowest BCUT2D eigenvalue weighted by atomic mass is 9.81. The molecule has 1 atom stereocenters. The molecule has 198 valence electrons. The van der Waals surface area contributed by atoms with Crippen LogP contribution in [0.15, 0.2) is 30.3 Å². The van der Waals surface area contributed by atoms with Gasteiger partial charge in [0.15, 0.2) is 0 Å². The second-order valence-corrected chi connectivity index (χ2v) is 7.71. The molecule has 34 heavy (non-hydrogen) atoms. The SMILES string of the molecule is OCCCC(O)(CCc1ccccc1)CC(F)(F)C(F)(F)C(F)(F)C(F)(F)C(F)(F)C(F)(F)F. The van der Waals surface area contributed by atoms with Crippen LogP contribution in [-0.2, 0) is 6.42 Å². The van der Waals surface area contributed by atoms with Crippen molar-refractivity contribution in [3.63, 3.8) is 0 Å². The van der Waals surface area contributed by atoms with E-state index in [1.165, 1.54) is 30.3 Å². The Kier molecular flexibility index (Phi) is 8.64. The molecule has 2 nitrogen and oxygen atoms in total. The van der Waals surface area contributed by atoms with Crippen LogP contribution < -0.4 is 0 Å². The quantitative estimate of drug-likeness (QED) is 0.316. The Morgan fingerprint density at radius 2 is 1.09 bits per heavy atom. The Morgan fingerprint density at radius 3 is 1.53 bits per heavy atom. The smallest absolute Gasteiger partial charge is 0.396 e. The van der Waals surface area contributed by atoms with Crippen LogP contribution in [0.4, 0.5) is 57.1 Å². The van der Waals surface area contributed by atoms with Gasteiger partial charge in [-0.05, 0) is 31.2 Å². The van der Waals surface area contributed by atoms with E-state index in [1.807, 2.05) is 0 Å². The van der Waals surface area contributed by atoms with Gasteiger partial charge in [-0.25, -0.2) is 0 Å². The number of alkyl halides is 13. The first-order valence-corrected chi connectivity index (χ1v) is 9.43. The summed E-state index contributed by atoms with van der Waals surface area (Å²) in [7, 11) is 0. The lowest BCUT2D eigenvalue weighted by Crippen LogP contribution is -2.70. The fourth-order valence-electron chi connectivity index (χ4n) is 3.06. The Balaban J connectivity index is 3.34. The van der Waals surface area contributed by atoms with E-state index >= 15 is 0 Å². The van der Waals surface area contributed by atoms with Crippen LogP contribution in [0, 0.1) is 0 Å². The van der Waals surface area contributed by atoms with Gasteiger partial charge in [-0.1, -0.05) is 30.3 Å². The number of aryl methyl sites for hydroxylation is 1. The molecule has 0 aliphatic rings. The van der Waals surface area contributed by atoms with Gasteiger partial charge in [0.1, 0.15) is 0 Å². The highest BCUT2D eigenvalue weighted by Crippen LogP contribution is 2.61. The number of hydrogen-bond acceptors (Lipinski definition) is 2. The minimum Gasteiger partial charge on any atom is -0.396 e. The molecular weight excluding hydrogens is 507 g/mol. The predicted octanol–water partition coefficient (Wildman–Crippen LogP) is 6.25. The molecule has 1 aromatic carbocycles. The molecule has 0 saturated carbocycles. The van der Waals surface area contributed by atoms with Crippen molar-refractivity contribution in [3.05, 3.63) is 35.9 Å². The normalized spacial score (nSPS) is 16.4. The summed E-state index contributed by atoms with van der Waals surface area (Å²) in [5.41, 5.74) is -2.69. The van der Waals surface area contributed by atoms with E-state index in [1.54, 1.807) is 0 Å². The maximum Gasteiger partial charge on any atom is 0.460 e. The van der Waals surface area contributed by atoms with Crippen LogP contribution in [0.3, 0.4) is 0 Å². The first-order chi connectivity index (χ1) is 15.1. The second-order valence-electron chi connectivity index (χ2n) is 7.71. The summed E-state index contributed by atoms with van der Waals surface area (Å²) in [6.07, 6.45) is -12.9. The van der Waals surface area contributed by atoms with Gasteiger partial charge in [0.05, 0.1) is 5.60 Å². The molecule has 0 saturated heterocycles. The van der Waals surface area contributed by atoms with E-state index in [4.69, 9.17) is 5.11 Å². The van der Waals surface area contributed by atoms with Gasteiger partial charge in [0, 0.05) is 13.0 Å². The molecule has 15 heteroatoms. The summed E-state index contributed by atoms with van der Waals surface area (Å²) in [5, 5.41) is 19.2. The summed E-state index contributed by atoms with van der Waals surface area (Å²) in [5.74, 6) is -37.5. The molecular formula is C19H19F13O2. The molecule has 0 radical (unpaired) electrons. The van der Waals surface area contributed by atoms with E-state index < -0.39 is 73.7 Å². The Hall–Kier alpha value is -1.77. The van der Waals surface area contributed by atoms with E-state index in [9.17, 15) is 62.2 Å². The van der Waals surface area contributed by atoms with Crippen molar-refractivity contribution >= 4 is 0 Å². The van der Waals surface area contributed by atoms with Crippen LogP contribution >= 0.6 is 0 Å². The lowest BCUT2D eigenvalue weighted by Gasteiger charge is -2.41. The first-order valence-electron chi connectivity index (χ1n) is 9.43. The molecule has 0 bridgehead atoms. The van der Waals surface area contributed by atoms with Crippen molar-refractivity contribution < 1.29 is 67.3 Å². The van der Waals surface area contributed by atoms with Gasteiger partial charge in [-0.3, -0.25) is 0 Å². The van der Waals surface area contributed by atoms with Crippen LogP contribution in [-0.4, -0.2) is 58.2 Å². The highest BCUT2D eigenvalue weighted by Gasteiger charge is 2.90. The molecule has 2 N–H and O–H groups in total. The molecule has 0 amide bonds. The number of aliphatic hydroxyl groups excluding tert-OH is 1. The van der Waals surface area contributed by atoms with E-state index in [0.717, 1.165) is 0 Å². The van der Waals surface area contributed by atoms with Crippen molar-refractivity contribution in [2.75, 3.05) is 6.61 Å². The zero-order valence-corrected chi connectivity index (χ0v) is 16.9. The van der Waals surface area contributed by atoms with Crippen LogP contribution in [0.1, 0.15) is 31.2 Å². The standard InChI is InChI=1S/C19H19F13O2/c20-14(21,11-13(34,8-4-10-33)9-7-12-5-2-1-3-6-12)15(22,23)16(24,25)17(26,27)18(28,29)19(30,31)32/h1-3,5-6,33-34H,4,7-11H2. The summed E-state index contributed by atoms with van der Waals surface area (Å²) >= 11 is 0. The second kappa shape index (κ2) is 9.70. The third-order valence-corrected chi connectivity index (χ3v) is 5.07. The van der Waals surface area contributed by atoms with Gasteiger partial charge < -0.3 is 10.2 Å². The van der Waals surface area contributed by atoms with Crippen molar-refractivity contribution in [2.24, 2.45) is 0 Å². The summed E-state index contributed by atoms with van der Waals surface area (Å²) in [6.45, 7) is -0.804. The predicted molar refractivity (Wildman–Crippen MR) is 91.4 cm³/mol. The molecule has 0 aliphatic carbocycles. The van der Waals surface area contributed by atoms with E-state index in [-0.39, 0.29) is 6.42 Å². The summed E-state index contributed by atoms with van der Waals surface area (Å²) < 4.78 is 173. The molecule has 0 aromatic heterocycles. The van der Waals surface area contributed by atoms with Gasteiger partial charge in [-0.2, -0.15) is 57.1 Å². The minimum absolute atomic E-state index is 0.330. The summed E-state index contributed by atoms with van der Waals surface area (Å²) in [4.78, 5) is 0. The molecule has 0 aliphatic heterocycles. The average molecular weight is 526 g/mol. The average Bonchev–Trinajstić information content (AvgIpc) is 2.70. The molecule has 1 unspecified atom stereocenters. The topological polar surface area (TPSA) is 40.5 Å². The number of benzene rings is 1. The van der Waals surface area contributed by atoms with Crippen LogP contribution in [0.2, 0.25) is 0 Å². The highest BCUT2D eigenvalue weighted by atomic mass is 19.4. The first kappa shape index (κ1) is 30.3. The minimum atomic E-state index is -7.99. The van der Waals surface area contributed by atoms with Gasteiger partial charge >= 0.3 is 35.8 Å². The third kappa shape index (κ3) is 5.55. The number of aliphatic hydroxyl groups is 2. The third-order valence-electron chi connectivity index (χ3n) is 5.07. The zero-order valence-electron chi connectivity index (χ0n) is 16.9. The van der Waals surface area contributed by atoms with Gasteiger partial charge in [-0.15, -0.1) is 0 Å². The van der Waals surface area contributed by atoms with Gasteiger partial charge in [0.25, 0.3) is 0 Å². The lowest BCUT2D eigenvalue weighted by molar-refractivity contribution is -0.441. The summed E-state index contributed by atoms with van der Waals surface area (Å²) in [6, 6.07) is 7.22. The van der Waals surface area contributed by atoms with Crippen LogP contribution in [0.5, 0.6) is 0 Å². The maximum absolute atomic E-state index is 14.2. The number of halogens is 13. The molecule has 1 aromatic rings. The fraction of sp³-hybridized carbons (Fsp3) is 0.684. The molecule has 0 fully saturated rings. The largest absolute Gasteiger partial charge is 0.460 e. The monoisotopic (exact) mass is 526 g/mol. The molecule has 0 spiro atoms. The zero-order chi connectivity index (χ0) is 26.9. The number of hydrogen-bond donors (Lipinski definition) is 2. The van der Waals surface area contributed by atoms with Crippen molar-refractivity contribution in [3.8, 4) is 0 Å². The molecule has 0 heterocycles. The van der Waals surface area contributed by atoms with E-state index in [0.29, 0.717) is 5.56 Å². The Labute approximate surface area is 184 Å². The molecule has 1 rings (SSSR count). The van der Waals surface area contributed by atoms with Crippen molar-refractivity contribution in [2.45, 2.75) is 73.5 Å². The number of rotatable bonds is 12. The van der Waals surface area contributed by atoms with E-state index in [2.05, 4.69) is 0 Å². The van der Waals surface area contributed by atoms with Crippen molar-refractivity contribution in [1.29, 1.82) is 0 Å². The fourth-order valence-corrected chi connectivity index (χ4v) is 3.06. The van der Waals surface area contributed by atoms with Crippen LogP contribution in [0.25, 0.3) is 0 Å². The maximum atomic E-state index is 14.2. The highest BCUT2D eigenvalue weighted by molar-refractivity contribution is 5.16. The Bertz CT molecular complexity index is 793. The van der Waals surface area contributed by atoms with Crippen molar-refractivity contribution in [1.82, 2.24) is 0 Å². The van der Waals surface area contributed by atoms with Gasteiger partial charge in [0.2, 0.25) is 0 Å². The Morgan fingerprint density at radius 1 is 0.618 bits per heavy atom.